The summed E-state index contributed by atoms with van der Waals surface area (Å²) < 4.78 is 13.3. The zero-order chi connectivity index (χ0) is 15.1. The van der Waals surface area contributed by atoms with Crippen molar-refractivity contribution in [2.45, 2.75) is 33.7 Å². The van der Waals surface area contributed by atoms with E-state index in [2.05, 4.69) is 23.9 Å². The lowest BCUT2D eigenvalue weighted by Crippen LogP contribution is -2.31. The lowest BCUT2D eigenvalue weighted by Gasteiger charge is -2.25. The number of rotatable bonds is 7. The first-order valence-electron chi connectivity index (χ1n) is 6.86. The van der Waals surface area contributed by atoms with Gasteiger partial charge in [-0.2, -0.15) is 0 Å². The predicted molar refractivity (Wildman–Crippen MR) is 79.3 cm³/mol. The van der Waals surface area contributed by atoms with Gasteiger partial charge in [-0.3, -0.25) is 4.90 Å². The van der Waals surface area contributed by atoms with Gasteiger partial charge in [0, 0.05) is 26.1 Å². The van der Waals surface area contributed by atoms with Gasteiger partial charge in [0.2, 0.25) is 0 Å². The van der Waals surface area contributed by atoms with Crippen molar-refractivity contribution in [1.29, 1.82) is 0 Å². The number of aryl methyl sites for hydroxylation is 1. The van der Waals surface area contributed by atoms with E-state index in [9.17, 15) is 4.39 Å². The molecule has 0 saturated carbocycles. The summed E-state index contributed by atoms with van der Waals surface area (Å²) in [5.74, 6) is 0.498. The maximum absolute atomic E-state index is 13.3. The molecule has 0 saturated heterocycles. The molecule has 112 valence electrons. The molecule has 0 aliphatic rings. The molecule has 0 heterocycles. The smallest absolute Gasteiger partial charge is 0.140 e. The van der Waals surface area contributed by atoms with Gasteiger partial charge < -0.3 is 10.9 Å². The highest BCUT2D eigenvalue weighted by atomic mass is 19.1. The number of benzene rings is 1. The Labute approximate surface area is 120 Å². The normalized spacial score (nSPS) is 12.4. The summed E-state index contributed by atoms with van der Waals surface area (Å²) >= 11 is 0. The van der Waals surface area contributed by atoms with Crippen molar-refractivity contribution in [3.8, 4) is 0 Å². The van der Waals surface area contributed by atoms with Gasteiger partial charge in [-0.1, -0.05) is 25.1 Å². The van der Waals surface area contributed by atoms with Gasteiger partial charge in [0.1, 0.15) is 11.7 Å². The van der Waals surface area contributed by atoms with Crippen molar-refractivity contribution in [2.24, 2.45) is 16.8 Å². The maximum atomic E-state index is 13.3. The summed E-state index contributed by atoms with van der Waals surface area (Å²) in [5.41, 5.74) is 7.56. The van der Waals surface area contributed by atoms with Gasteiger partial charge in [-0.05, 0) is 36.1 Å². The van der Waals surface area contributed by atoms with Crippen molar-refractivity contribution < 1.29 is 9.60 Å². The number of nitrogens with zero attached hydrogens (tertiary/aromatic N) is 2. The molecule has 0 bridgehead atoms. The van der Waals surface area contributed by atoms with Crippen LogP contribution in [0.15, 0.2) is 23.4 Å². The van der Waals surface area contributed by atoms with Gasteiger partial charge in [0.15, 0.2) is 0 Å². The van der Waals surface area contributed by atoms with E-state index in [4.69, 9.17) is 10.9 Å². The predicted octanol–water partition coefficient (Wildman–Crippen LogP) is 2.73. The molecule has 0 fully saturated rings. The van der Waals surface area contributed by atoms with E-state index in [0.29, 0.717) is 25.4 Å². The quantitative estimate of drug-likeness (QED) is 0.349. The van der Waals surface area contributed by atoms with E-state index in [-0.39, 0.29) is 11.7 Å². The molecule has 1 rings (SSSR count). The molecule has 3 N–H and O–H groups in total. The minimum atomic E-state index is -0.216. The minimum absolute atomic E-state index is 0.216. The van der Waals surface area contributed by atoms with Crippen LogP contribution >= 0.6 is 0 Å². The van der Waals surface area contributed by atoms with Crippen molar-refractivity contribution in [3.05, 3.63) is 35.1 Å². The molecule has 0 unspecified atom stereocenters. The highest BCUT2D eigenvalue weighted by Gasteiger charge is 2.11. The molecule has 1 aromatic rings. The third-order valence-corrected chi connectivity index (χ3v) is 3.14. The largest absolute Gasteiger partial charge is 0.409 e. The van der Waals surface area contributed by atoms with Gasteiger partial charge in [-0.25, -0.2) is 4.39 Å². The molecule has 20 heavy (non-hydrogen) atoms. The van der Waals surface area contributed by atoms with Crippen molar-refractivity contribution in [1.82, 2.24) is 4.90 Å². The van der Waals surface area contributed by atoms with Crippen LogP contribution < -0.4 is 5.73 Å². The van der Waals surface area contributed by atoms with E-state index in [1.54, 1.807) is 12.1 Å². The molecule has 0 atom stereocenters. The van der Waals surface area contributed by atoms with E-state index >= 15 is 0 Å². The van der Waals surface area contributed by atoms with Crippen LogP contribution in [0.2, 0.25) is 0 Å². The molecule has 0 aliphatic carbocycles. The van der Waals surface area contributed by atoms with Gasteiger partial charge in [0.05, 0.1) is 0 Å². The highest BCUT2D eigenvalue weighted by molar-refractivity contribution is 5.79. The Morgan fingerprint density at radius 1 is 1.45 bits per heavy atom. The second-order valence-corrected chi connectivity index (χ2v) is 5.54. The van der Waals surface area contributed by atoms with Crippen LogP contribution in [0.25, 0.3) is 0 Å². The molecular formula is C15H24FN3O. The summed E-state index contributed by atoms with van der Waals surface area (Å²) in [5, 5.41) is 11.6. The van der Waals surface area contributed by atoms with Crippen LogP contribution in [0, 0.1) is 18.7 Å². The number of hydrogen-bond donors (Lipinski definition) is 2. The SMILES string of the molecule is Cc1ccc(F)cc1CN(CC/C(N)=N/O)CC(C)C. The standard InChI is InChI=1S/C15H24FN3O/c1-11(2)9-19(7-6-15(17)18-20)10-13-8-14(16)5-4-12(13)3/h4-5,8,11,20H,6-7,9-10H2,1-3H3,(H2,17,18). The molecule has 5 heteroatoms. The van der Waals surface area contributed by atoms with Crippen LogP contribution in [-0.2, 0) is 6.54 Å². The van der Waals surface area contributed by atoms with Crippen LogP contribution in [0.4, 0.5) is 4.39 Å². The van der Waals surface area contributed by atoms with E-state index < -0.39 is 0 Å². The number of oxime groups is 1. The molecule has 0 radical (unpaired) electrons. The van der Waals surface area contributed by atoms with Gasteiger partial charge in [0.25, 0.3) is 0 Å². The molecule has 0 aliphatic heterocycles. The molecule has 0 spiro atoms. The number of nitrogens with two attached hydrogens (primary N) is 1. The summed E-state index contributed by atoms with van der Waals surface area (Å²) in [6.07, 6.45) is 0.498. The lowest BCUT2D eigenvalue weighted by molar-refractivity contribution is 0.240. The maximum Gasteiger partial charge on any atom is 0.140 e. The molecule has 0 amide bonds. The Balaban J connectivity index is 2.75. The van der Waals surface area contributed by atoms with Gasteiger partial charge >= 0.3 is 0 Å². The van der Waals surface area contributed by atoms with Crippen LogP contribution in [0.5, 0.6) is 0 Å². The average Bonchev–Trinajstić information content (AvgIpc) is 2.39. The van der Waals surface area contributed by atoms with Crippen LogP contribution in [0.1, 0.15) is 31.4 Å². The van der Waals surface area contributed by atoms with Crippen molar-refractivity contribution in [2.75, 3.05) is 13.1 Å². The third kappa shape index (κ3) is 5.57. The third-order valence-electron chi connectivity index (χ3n) is 3.14. The Kier molecular flexibility index (Phi) is 6.45. The second kappa shape index (κ2) is 7.85. The summed E-state index contributed by atoms with van der Waals surface area (Å²) in [7, 11) is 0. The summed E-state index contributed by atoms with van der Waals surface area (Å²) in [6, 6.07) is 4.84. The number of hydrogen-bond acceptors (Lipinski definition) is 3. The average molecular weight is 281 g/mol. The van der Waals surface area contributed by atoms with Gasteiger partial charge in [-0.15, -0.1) is 0 Å². The lowest BCUT2D eigenvalue weighted by atomic mass is 10.1. The Hall–Kier alpha value is -1.62. The van der Waals surface area contributed by atoms with Crippen LogP contribution in [-0.4, -0.2) is 29.0 Å². The second-order valence-electron chi connectivity index (χ2n) is 5.54. The highest BCUT2D eigenvalue weighted by Crippen LogP contribution is 2.14. The zero-order valence-electron chi connectivity index (χ0n) is 12.4. The molecule has 1 aromatic carbocycles. The van der Waals surface area contributed by atoms with E-state index in [1.807, 2.05) is 6.92 Å². The first-order valence-corrected chi connectivity index (χ1v) is 6.86. The molecular weight excluding hydrogens is 257 g/mol. The van der Waals surface area contributed by atoms with E-state index in [0.717, 1.165) is 17.7 Å². The Bertz CT molecular complexity index is 460. The fraction of sp³-hybridized carbons (Fsp3) is 0.533. The first kappa shape index (κ1) is 16.4. The topological polar surface area (TPSA) is 61.8 Å². The molecule has 0 aromatic heterocycles. The van der Waals surface area contributed by atoms with Crippen molar-refractivity contribution >= 4 is 5.84 Å². The fourth-order valence-corrected chi connectivity index (χ4v) is 2.13. The zero-order valence-corrected chi connectivity index (χ0v) is 12.4. The minimum Gasteiger partial charge on any atom is -0.409 e. The monoisotopic (exact) mass is 281 g/mol. The van der Waals surface area contributed by atoms with Crippen LogP contribution in [0.3, 0.4) is 0 Å². The molecule has 4 nitrogen and oxygen atoms in total. The number of halogens is 1. The van der Waals surface area contributed by atoms with Crippen molar-refractivity contribution in [3.63, 3.8) is 0 Å². The fourth-order valence-electron chi connectivity index (χ4n) is 2.13. The Morgan fingerprint density at radius 2 is 2.15 bits per heavy atom. The van der Waals surface area contributed by atoms with E-state index in [1.165, 1.54) is 6.07 Å². The number of amidine groups is 1. The summed E-state index contributed by atoms with van der Waals surface area (Å²) in [6.45, 7) is 8.48. The summed E-state index contributed by atoms with van der Waals surface area (Å²) in [4.78, 5) is 2.20. The first-order chi connectivity index (χ1) is 9.42. The Morgan fingerprint density at radius 3 is 2.75 bits per heavy atom.